The topological polar surface area (TPSA) is 12.9 Å². The van der Waals surface area contributed by atoms with Crippen LogP contribution < -0.4 is 0 Å². The Morgan fingerprint density at radius 2 is 2.12 bits per heavy atom. The maximum atomic E-state index is 12.9. The summed E-state index contributed by atoms with van der Waals surface area (Å²) >= 11 is 4.91. The average molecular weight is 298 g/mol. The molecule has 0 saturated carbocycles. The Morgan fingerprint density at radius 1 is 1.25 bits per heavy atom. The van der Waals surface area contributed by atoms with Crippen LogP contribution in [0.2, 0.25) is 0 Å². The number of thioether (sulfide) groups is 1. The first-order valence-corrected chi connectivity index (χ1v) is 6.51. The smallest absolute Gasteiger partial charge is 0.124 e. The van der Waals surface area contributed by atoms with Crippen LogP contribution in [0.15, 0.2) is 52.0 Å². The molecule has 0 N–H and O–H groups in total. The van der Waals surface area contributed by atoms with E-state index < -0.39 is 0 Å². The van der Waals surface area contributed by atoms with Crippen molar-refractivity contribution in [3.05, 3.63) is 58.6 Å². The summed E-state index contributed by atoms with van der Waals surface area (Å²) in [6, 6.07) is 10.5. The number of hydrogen-bond donors (Lipinski definition) is 0. The quantitative estimate of drug-likeness (QED) is 0.785. The first-order chi connectivity index (χ1) is 7.74. The minimum absolute atomic E-state index is 0.200. The molecule has 2 aromatic rings. The summed E-state index contributed by atoms with van der Waals surface area (Å²) in [6.07, 6.45) is 1.77. The molecule has 1 nitrogen and oxygen atoms in total. The zero-order valence-electron chi connectivity index (χ0n) is 8.36. The van der Waals surface area contributed by atoms with E-state index in [0.717, 1.165) is 20.8 Å². The molecule has 1 aromatic carbocycles. The van der Waals surface area contributed by atoms with Crippen molar-refractivity contribution >= 4 is 27.7 Å². The predicted octanol–water partition coefficient (Wildman–Crippen LogP) is 4.28. The van der Waals surface area contributed by atoms with Crippen LogP contribution in [-0.4, -0.2) is 4.98 Å². The molecule has 0 unspecified atom stereocenters. The molecule has 1 aromatic heterocycles. The van der Waals surface area contributed by atoms with Crippen LogP contribution in [0, 0.1) is 5.82 Å². The van der Waals surface area contributed by atoms with Gasteiger partial charge in [-0.1, -0.05) is 6.07 Å². The summed E-state index contributed by atoms with van der Waals surface area (Å²) in [5.74, 6) is 0.547. The molecule has 0 radical (unpaired) electrons. The van der Waals surface area contributed by atoms with Gasteiger partial charge in [0.2, 0.25) is 0 Å². The zero-order chi connectivity index (χ0) is 11.4. The summed E-state index contributed by atoms with van der Waals surface area (Å²) in [5.41, 5.74) is 0.984. The van der Waals surface area contributed by atoms with Gasteiger partial charge in [-0.2, -0.15) is 0 Å². The van der Waals surface area contributed by atoms with Gasteiger partial charge in [0.1, 0.15) is 5.82 Å². The Balaban J connectivity index is 1.99. The van der Waals surface area contributed by atoms with Gasteiger partial charge >= 0.3 is 0 Å². The van der Waals surface area contributed by atoms with E-state index in [1.165, 1.54) is 12.1 Å². The number of halogens is 2. The van der Waals surface area contributed by atoms with Gasteiger partial charge in [-0.3, -0.25) is 4.98 Å². The van der Waals surface area contributed by atoms with Gasteiger partial charge in [-0.25, -0.2) is 4.39 Å². The lowest BCUT2D eigenvalue weighted by atomic mass is 10.3. The molecule has 0 aliphatic rings. The second-order valence-corrected chi connectivity index (χ2v) is 5.18. The van der Waals surface area contributed by atoms with Gasteiger partial charge in [0.05, 0.1) is 5.69 Å². The molecule has 0 amide bonds. The minimum Gasteiger partial charge on any atom is -0.259 e. The number of pyridine rings is 1. The highest BCUT2D eigenvalue weighted by Crippen LogP contribution is 2.22. The van der Waals surface area contributed by atoms with E-state index in [2.05, 4.69) is 20.9 Å². The van der Waals surface area contributed by atoms with Gasteiger partial charge in [0, 0.05) is 21.3 Å². The fraction of sp³-hybridized carbons (Fsp3) is 0.0833. The highest BCUT2D eigenvalue weighted by atomic mass is 79.9. The van der Waals surface area contributed by atoms with Gasteiger partial charge in [0.25, 0.3) is 0 Å². The lowest BCUT2D eigenvalue weighted by Crippen LogP contribution is -1.85. The van der Waals surface area contributed by atoms with Crippen molar-refractivity contribution in [1.82, 2.24) is 4.98 Å². The van der Waals surface area contributed by atoms with Crippen molar-refractivity contribution in [1.29, 1.82) is 0 Å². The number of nitrogens with zero attached hydrogens (tertiary/aromatic N) is 1. The molecule has 0 saturated heterocycles. The summed E-state index contributed by atoms with van der Waals surface area (Å²) in [6.45, 7) is 0. The standard InChI is InChI=1S/C12H9BrFNS/c13-9-4-5-11(15-7-9)8-16-12-3-1-2-10(14)6-12/h1-7H,8H2. The molecule has 16 heavy (non-hydrogen) atoms. The Hall–Kier alpha value is -0.870. The van der Waals surface area contributed by atoms with Gasteiger partial charge < -0.3 is 0 Å². The summed E-state index contributed by atoms with van der Waals surface area (Å²) in [4.78, 5) is 5.18. The second kappa shape index (κ2) is 5.46. The third-order valence-corrected chi connectivity index (χ3v) is 3.47. The molecule has 0 fully saturated rings. The fourth-order valence-corrected chi connectivity index (χ4v) is 2.30. The van der Waals surface area contributed by atoms with E-state index in [9.17, 15) is 4.39 Å². The molecule has 1 heterocycles. The first kappa shape index (κ1) is 11.6. The minimum atomic E-state index is -0.200. The van der Waals surface area contributed by atoms with Crippen LogP contribution in [0.5, 0.6) is 0 Å². The predicted molar refractivity (Wildman–Crippen MR) is 67.9 cm³/mol. The van der Waals surface area contributed by atoms with Gasteiger partial charge in [-0.05, 0) is 46.3 Å². The molecule has 2 rings (SSSR count). The maximum Gasteiger partial charge on any atom is 0.124 e. The molecule has 82 valence electrons. The Kier molecular flexibility index (Phi) is 3.96. The number of benzene rings is 1. The molecular formula is C12H9BrFNS. The van der Waals surface area contributed by atoms with E-state index in [1.54, 1.807) is 24.0 Å². The maximum absolute atomic E-state index is 12.9. The third-order valence-electron chi connectivity index (χ3n) is 1.97. The fourth-order valence-electron chi connectivity index (χ4n) is 1.21. The van der Waals surface area contributed by atoms with E-state index in [1.807, 2.05) is 18.2 Å². The average Bonchev–Trinajstić information content (AvgIpc) is 2.28. The molecule has 4 heteroatoms. The Morgan fingerprint density at radius 3 is 2.81 bits per heavy atom. The Bertz CT molecular complexity index is 473. The summed E-state index contributed by atoms with van der Waals surface area (Å²) in [7, 11) is 0. The molecule has 0 atom stereocenters. The zero-order valence-corrected chi connectivity index (χ0v) is 10.8. The largest absolute Gasteiger partial charge is 0.259 e. The van der Waals surface area contributed by atoms with E-state index in [4.69, 9.17) is 0 Å². The molecule has 0 spiro atoms. The van der Waals surface area contributed by atoms with Crippen LogP contribution in [0.25, 0.3) is 0 Å². The SMILES string of the molecule is Fc1cccc(SCc2ccc(Br)cn2)c1. The molecule has 0 aliphatic carbocycles. The van der Waals surface area contributed by atoms with Crippen LogP contribution >= 0.6 is 27.7 Å². The van der Waals surface area contributed by atoms with Gasteiger partial charge in [-0.15, -0.1) is 11.8 Å². The monoisotopic (exact) mass is 297 g/mol. The van der Waals surface area contributed by atoms with E-state index in [0.29, 0.717) is 0 Å². The highest BCUT2D eigenvalue weighted by molar-refractivity contribution is 9.10. The number of aromatic nitrogens is 1. The van der Waals surface area contributed by atoms with E-state index >= 15 is 0 Å². The summed E-state index contributed by atoms with van der Waals surface area (Å²) < 4.78 is 13.9. The second-order valence-electron chi connectivity index (χ2n) is 3.21. The van der Waals surface area contributed by atoms with Crippen LogP contribution in [0.1, 0.15) is 5.69 Å². The van der Waals surface area contributed by atoms with Crippen molar-refractivity contribution in [2.75, 3.05) is 0 Å². The molecular weight excluding hydrogens is 289 g/mol. The van der Waals surface area contributed by atoms with E-state index in [-0.39, 0.29) is 5.82 Å². The van der Waals surface area contributed by atoms with Crippen LogP contribution in [0.3, 0.4) is 0 Å². The number of rotatable bonds is 3. The number of hydrogen-bond acceptors (Lipinski definition) is 2. The van der Waals surface area contributed by atoms with Crippen molar-refractivity contribution < 1.29 is 4.39 Å². The normalized spacial score (nSPS) is 10.4. The Labute approximate surface area is 106 Å². The lowest BCUT2D eigenvalue weighted by Gasteiger charge is -2.01. The summed E-state index contributed by atoms with van der Waals surface area (Å²) in [5, 5.41) is 0. The van der Waals surface area contributed by atoms with Crippen LogP contribution in [0.4, 0.5) is 4.39 Å². The third kappa shape index (κ3) is 3.32. The van der Waals surface area contributed by atoms with Crippen molar-refractivity contribution in [2.24, 2.45) is 0 Å². The molecule has 0 bridgehead atoms. The molecule has 0 aliphatic heterocycles. The van der Waals surface area contributed by atoms with Gasteiger partial charge in [0.15, 0.2) is 0 Å². The first-order valence-electron chi connectivity index (χ1n) is 4.73. The van der Waals surface area contributed by atoms with Crippen molar-refractivity contribution in [2.45, 2.75) is 10.6 Å². The van der Waals surface area contributed by atoms with Crippen LogP contribution in [-0.2, 0) is 5.75 Å². The lowest BCUT2D eigenvalue weighted by molar-refractivity contribution is 0.624. The van der Waals surface area contributed by atoms with Crippen molar-refractivity contribution in [3.8, 4) is 0 Å². The highest BCUT2D eigenvalue weighted by Gasteiger charge is 1.99. The van der Waals surface area contributed by atoms with Crippen molar-refractivity contribution in [3.63, 3.8) is 0 Å².